The lowest BCUT2D eigenvalue weighted by atomic mass is 10.1. The molecule has 2 N–H and O–H groups in total. The highest BCUT2D eigenvalue weighted by Crippen LogP contribution is 2.29. The van der Waals surface area contributed by atoms with Crippen LogP contribution < -0.4 is 10.1 Å². The molecule has 0 aliphatic heterocycles. The number of pyridine rings is 1. The fourth-order valence-electron chi connectivity index (χ4n) is 1.74. The lowest BCUT2D eigenvalue weighted by Gasteiger charge is -2.10. The van der Waals surface area contributed by atoms with Crippen LogP contribution in [0.2, 0.25) is 0 Å². The van der Waals surface area contributed by atoms with Gasteiger partial charge in [-0.3, -0.25) is 9.78 Å². The van der Waals surface area contributed by atoms with Gasteiger partial charge in [-0.05, 0) is 23.8 Å². The number of anilines is 1. The summed E-state index contributed by atoms with van der Waals surface area (Å²) in [7, 11) is 1.54. The van der Waals surface area contributed by atoms with Crippen LogP contribution in [0.4, 0.5) is 5.69 Å². The molecular weight excluding hydrogens is 232 g/mol. The van der Waals surface area contributed by atoms with Crippen LogP contribution in [0, 0.1) is 0 Å². The molecule has 0 aliphatic rings. The number of hydrogen-bond donors (Lipinski definition) is 2. The summed E-state index contributed by atoms with van der Waals surface area (Å²) in [6.45, 7) is 1.38. The van der Waals surface area contributed by atoms with Gasteiger partial charge in [0.25, 0.3) is 0 Å². The number of aromatic nitrogens is 1. The van der Waals surface area contributed by atoms with Gasteiger partial charge >= 0.3 is 0 Å². The molecule has 1 aromatic carbocycles. The molecule has 0 atom stereocenters. The monoisotopic (exact) mass is 246 g/mol. The number of ether oxygens (including phenoxy) is 1. The van der Waals surface area contributed by atoms with E-state index < -0.39 is 0 Å². The van der Waals surface area contributed by atoms with E-state index in [0.717, 1.165) is 16.5 Å². The first-order valence-corrected chi connectivity index (χ1v) is 5.49. The average Bonchev–Trinajstić information content (AvgIpc) is 2.36. The van der Waals surface area contributed by atoms with Crippen molar-refractivity contribution in [2.45, 2.75) is 13.5 Å². The van der Waals surface area contributed by atoms with E-state index >= 15 is 0 Å². The Bertz CT molecular complexity index is 596. The van der Waals surface area contributed by atoms with E-state index in [9.17, 15) is 4.79 Å². The molecule has 18 heavy (non-hydrogen) atoms. The molecule has 5 heteroatoms. The van der Waals surface area contributed by atoms with Crippen molar-refractivity contribution in [1.82, 2.24) is 4.98 Å². The minimum atomic E-state index is -0.167. The second-order valence-electron chi connectivity index (χ2n) is 3.93. The molecule has 0 aliphatic carbocycles. The van der Waals surface area contributed by atoms with Gasteiger partial charge in [-0.2, -0.15) is 0 Å². The maximum absolute atomic E-state index is 11.1. The number of rotatable bonds is 3. The van der Waals surface area contributed by atoms with E-state index in [1.165, 1.54) is 14.0 Å². The SMILES string of the molecule is COc1cc2cc(CO)cnc2cc1NC(C)=O. The van der Waals surface area contributed by atoms with Crippen molar-refractivity contribution in [2.75, 3.05) is 12.4 Å². The quantitative estimate of drug-likeness (QED) is 0.864. The first kappa shape index (κ1) is 12.3. The zero-order valence-corrected chi connectivity index (χ0v) is 10.2. The molecule has 1 heterocycles. The minimum Gasteiger partial charge on any atom is -0.495 e. The van der Waals surface area contributed by atoms with Crippen LogP contribution in [-0.4, -0.2) is 23.1 Å². The number of amides is 1. The van der Waals surface area contributed by atoms with Gasteiger partial charge in [-0.25, -0.2) is 0 Å². The largest absolute Gasteiger partial charge is 0.495 e. The van der Waals surface area contributed by atoms with Crippen molar-refractivity contribution < 1.29 is 14.6 Å². The van der Waals surface area contributed by atoms with E-state index in [1.807, 2.05) is 6.07 Å². The minimum absolute atomic E-state index is 0.0568. The molecule has 0 unspecified atom stereocenters. The van der Waals surface area contributed by atoms with Gasteiger partial charge in [0.1, 0.15) is 5.75 Å². The van der Waals surface area contributed by atoms with E-state index in [4.69, 9.17) is 9.84 Å². The number of nitrogens with zero attached hydrogens (tertiary/aromatic N) is 1. The summed E-state index contributed by atoms with van der Waals surface area (Å²) in [6, 6.07) is 5.37. The lowest BCUT2D eigenvalue weighted by molar-refractivity contribution is -0.114. The number of aliphatic hydroxyl groups excluding tert-OH is 1. The smallest absolute Gasteiger partial charge is 0.221 e. The van der Waals surface area contributed by atoms with E-state index in [0.29, 0.717) is 11.4 Å². The molecule has 1 amide bonds. The first-order chi connectivity index (χ1) is 8.63. The average molecular weight is 246 g/mol. The number of benzene rings is 1. The molecule has 0 saturated heterocycles. The zero-order chi connectivity index (χ0) is 13.1. The molecule has 94 valence electrons. The molecule has 2 rings (SSSR count). The molecule has 0 bridgehead atoms. The lowest BCUT2D eigenvalue weighted by Crippen LogP contribution is -2.07. The highest BCUT2D eigenvalue weighted by atomic mass is 16.5. The number of aliphatic hydroxyl groups is 1. The maximum atomic E-state index is 11.1. The van der Waals surface area contributed by atoms with Gasteiger partial charge in [0, 0.05) is 18.5 Å². The van der Waals surface area contributed by atoms with Crippen LogP contribution >= 0.6 is 0 Å². The maximum Gasteiger partial charge on any atom is 0.221 e. The number of carbonyl (C=O) groups excluding carboxylic acids is 1. The van der Waals surface area contributed by atoms with Crippen LogP contribution in [0.3, 0.4) is 0 Å². The molecule has 0 saturated carbocycles. The van der Waals surface area contributed by atoms with Crippen LogP contribution in [0.25, 0.3) is 10.9 Å². The third-order valence-corrected chi connectivity index (χ3v) is 2.55. The highest BCUT2D eigenvalue weighted by Gasteiger charge is 2.08. The number of fused-ring (bicyclic) bond motifs is 1. The molecule has 0 radical (unpaired) electrons. The molecule has 5 nitrogen and oxygen atoms in total. The third kappa shape index (κ3) is 2.41. The number of carbonyl (C=O) groups is 1. The third-order valence-electron chi connectivity index (χ3n) is 2.55. The predicted molar refractivity (Wildman–Crippen MR) is 68.5 cm³/mol. The van der Waals surface area contributed by atoms with Crippen molar-refractivity contribution in [1.29, 1.82) is 0 Å². The Morgan fingerprint density at radius 2 is 2.22 bits per heavy atom. The molecule has 0 fully saturated rings. The number of nitrogens with one attached hydrogen (secondary N) is 1. The Morgan fingerprint density at radius 3 is 2.83 bits per heavy atom. The Kier molecular flexibility index (Phi) is 3.43. The van der Waals surface area contributed by atoms with Gasteiger partial charge in [-0.1, -0.05) is 0 Å². The summed E-state index contributed by atoms with van der Waals surface area (Å²) >= 11 is 0. The molecule has 0 spiro atoms. The number of methoxy groups -OCH3 is 1. The summed E-state index contributed by atoms with van der Waals surface area (Å²) in [5.41, 5.74) is 2.05. The van der Waals surface area contributed by atoms with Gasteiger partial charge < -0.3 is 15.2 Å². The van der Waals surface area contributed by atoms with Crippen molar-refractivity contribution >= 4 is 22.5 Å². The normalized spacial score (nSPS) is 10.4. The fourth-order valence-corrected chi connectivity index (χ4v) is 1.74. The number of hydrogen-bond acceptors (Lipinski definition) is 4. The Morgan fingerprint density at radius 1 is 1.44 bits per heavy atom. The van der Waals surface area contributed by atoms with Crippen molar-refractivity contribution in [3.8, 4) is 5.75 Å². The topological polar surface area (TPSA) is 71.5 Å². The summed E-state index contributed by atoms with van der Waals surface area (Å²) < 4.78 is 5.22. The van der Waals surface area contributed by atoms with Crippen molar-refractivity contribution in [3.05, 3.63) is 30.0 Å². The Hall–Kier alpha value is -2.14. The first-order valence-electron chi connectivity index (χ1n) is 5.49. The van der Waals surface area contributed by atoms with Crippen LogP contribution in [0.5, 0.6) is 5.75 Å². The summed E-state index contributed by atoms with van der Waals surface area (Å²) in [5.74, 6) is 0.397. The van der Waals surface area contributed by atoms with E-state index in [-0.39, 0.29) is 12.5 Å². The Labute approximate surface area is 104 Å². The van der Waals surface area contributed by atoms with Crippen molar-refractivity contribution in [2.24, 2.45) is 0 Å². The van der Waals surface area contributed by atoms with Gasteiger partial charge in [0.05, 0.1) is 24.9 Å². The van der Waals surface area contributed by atoms with Crippen molar-refractivity contribution in [3.63, 3.8) is 0 Å². The molecule has 2 aromatic rings. The zero-order valence-electron chi connectivity index (χ0n) is 10.2. The van der Waals surface area contributed by atoms with E-state index in [2.05, 4.69) is 10.3 Å². The van der Waals surface area contributed by atoms with Crippen LogP contribution in [0.15, 0.2) is 24.4 Å². The summed E-state index contributed by atoms with van der Waals surface area (Å²) in [4.78, 5) is 15.3. The second kappa shape index (κ2) is 5.01. The fraction of sp³-hybridized carbons (Fsp3) is 0.231. The molecule has 1 aromatic heterocycles. The van der Waals surface area contributed by atoms with E-state index in [1.54, 1.807) is 18.3 Å². The van der Waals surface area contributed by atoms with Gasteiger partial charge in [0.15, 0.2) is 0 Å². The summed E-state index contributed by atoms with van der Waals surface area (Å²) in [5, 5.41) is 12.6. The highest BCUT2D eigenvalue weighted by molar-refractivity contribution is 5.94. The molecular formula is C13H14N2O3. The summed E-state index contributed by atoms with van der Waals surface area (Å²) in [6.07, 6.45) is 1.60. The van der Waals surface area contributed by atoms with Crippen LogP contribution in [0.1, 0.15) is 12.5 Å². The second-order valence-corrected chi connectivity index (χ2v) is 3.93. The predicted octanol–water partition coefficient (Wildman–Crippen LogP) is 1.69. The standard InChI is InChI=1S/C13H14N2O3/c1-8(17)15-12-5-11-10(4-13(12)18-2)3-9(7-16)6-14-11/h3-6,16H,7H2,1-2H3,(H,15,17). The van der Waals surface area contributed by atoms with Gasteiger partial charge in [0.2, 0.25) is 5.91 Å². The van der Waals surface area contributed by atoms with Gasteiger partial charge in [-0.15, -0.1) is 0 Å². The Balaban J connectivity index is 2.56. The van der Waals surface area contributed by atoms with Crippen LogP contribution in [-0.2, 0) is 11.4 Å².